The van der Waals surface area contributed by atoms with Gasteiger partial charge in [0.25, 0.3) is 5.91 Å². The van der Waals surface area contributed by atoms with Crippen LogP contribution in [0, 0.1) is 25.2 Å². The summed E-state index contributed by atoms with van der Waals surface area (Å²) in [5.41, 5.74) is 10.4. The number of nitrogens with zero attached hydrogens (tertiary/aromatic N) is 2. The van der Waals surface area contributed by atoms with Crippen LogP contribution in [0.1, 0.15) is 22.5 Å². The summed E-state index contributed by atoms with van der Waals surface area (Å²) in [6, 6.07) is 13.2. The van der Waals surface area contributed by atoms with Crippen LogP contribution in [0.2, 0.25) is 0 Å². The number of rotatable bonds is 5. The summed E-state index contributed by atoms with van der Waals surface area (Å²) in [7, 11) is 0. The maximum Gasteiger partial charge on any atom is 0.255 e. The van der Waals surface area contributed by atoms with E-state index in [1.165, 1.54) is 5.56 Å². The van der Waals surface area contributed by atoms with E-state index in [1.807, 2.05) is 26.0 Å². The summed E-state index contributed by atoms with van der Waals surface area (Å²) >= 11 is 0. The fourth-order valence-electron chi connectivity index (χ4n) is 2.53. The maximum atomic E-state index is 10.7. The zero-order chi connectivity index (χ0) is 18.7. The second-order valence-electron chi connectivity index (χ2n) is 6.03. The van der Waals surface area contributed by atoms with E-state index in [1.54, 1.807) is 30.3 Å². The number of primary amides is 1. The van der Waals surface area contributed by atoms with Gasteiger partial charge in [0.15, 0.2) is 6.61 Å². The summed E-state index contributed by atoms with van der Waals surface area (Å²) in [6.45, 7) is 3.90. The third-order valence-electron chi connectivity index (χ3n) is 4.05. The molecule has 0 spiro atoms. The molecule has 0 atom stereocenters. The molecule has 0 unspecified atom stereocenters. The molecule has 0 bridgehead atoms. The van der Waals surface area contributed by atoms with Crippen molar-refractivity contribution in [3.05, 3.63) is 58.9 Å². The number of imidazole rings is 1. The number of fused-ring (bicyclic) bond motifs is 1. The minimum absolute atomic E-state index is 0.170. The molecule has 0 radical (unpaired) electrons. The molecular formula is C20H18N4O2. The number of H-pyrrole nitrogens is 1. The average Bonchev–Trinajstić information content (AvgIpc) is 3.01. The maximum absolute atomic E-state index is 10.7. The molecule has 0 aliphatic carbocycles. The van der Waals surface area contributed by atoms with Gasteiger partial charge in [-0.3, -0.25) is 4.79 Å². The van der Waals surface area contributed by atoms with Crippen LogP contribution < -0.4 is 10.5 Å². The quantitative estimate of drug-likeness (QED) is 0.692. The van der Waals surface area contributed by atoms with Crippen molar-refractivity contribution < 1.29 is 9.53 Å². The van der Waals surface area contributed by atoms with Crippen molar-refractivity contribution in [3.63, 3.8) is 0 Å². The van der Waals surface area contributed by atoms with Crippen molar-refractivity contribution in [2.75, 3.05) is 6.61 Å². The summed E-state index contributed by atoms with van der Waals surface area (Å²) in [4.78, 5) is 18.5. The number of hydrogen-bond donors (Lipinski definition) is 2. The highest BCUT2D eigenvalue weighted by molar-refractivity contribution is 5.90. The van der Waals surface area contributed by atoms with E-state index in [0.29, 0.717) is 17.1 Å². The molecule has 3 aromatic rings. The molecule has 2 aromatic carbocycles. The summed E-state index contributed by atoms with van der Waals surface area (Å²) in [5, 5.41) is 9.52. The lowest BCUT2D eigenvalue weighted by Crippen LogP contribution is -2.19. The van der Waals surface area contributed by atoms with E-state index < -0.39 is 5.91 Å². The molecule has 3 rings (SSSR count). The van der Waals surface area contributed by atoms with E-state index in [9.17, 15) is 10.1 Å². The van der Waals surface area contributed by atoms with Crippen molar-refractivity contribution in [3.8, 4) is 11.8 Å². The Labute approximate surface area is 150 Å². The van der Waals surface area contributed by atoms with Crippen LogP contribution in [0.25, 0.3) is 22.7 Å². The predicted octanol–water partition coefficient (Wildman–Crippen LogP) is 3.11. The topological polar surface area (TPSA) is 105 Å². The normalized spacial score (nSPS) is 11.3. The van der Waals surface area contributed by atoms with Crippen molar-refractivity contribution in [1.29, 1.82) is 5.26 Å². The van der Waals surface area contributed by atoms with Crippen LogP contribution in [0.3, 0.4) is 0 Å². The number of carbonyl (C=O) groups excluding carboxylic acids is 1. The van der Waals surface area contributed by atoms with Crippen LogP contribution in [0.5, 0.6) is 5.75 Å². The lowest BCUT2D eigenvalue weighted by molar-refractivity contribution is -0.119. The van der Waals surface area contributed by atoms with Crippen molar-refractivity contribution in [2.24, 2.45) is 5.73 Å². The van der Waals surface area contributed by atoms with E-state index >= 15 is 0 Å². The zero-order valence-corrected chi connectivity index (χ0v) is 14.5. The molecule has 0 fully saturated rings. The first-order chi connectivity index (χ1) is 12.5. The highest BCUT2D eigenvalue weighted by atomic mass is 16.5. The average molecular weight is 346 g/mol. The van der Waals surface area contributed by atoms with Gasteiger partial charge >= 0.3 is 0 Å². The fraction of sp³-hybridized carbons (Fsp3) is 0.150. The van der Waals surface area contributed by atoms with E-state index in [4.69, 9.17) is 10.5 Å². The molecule has 0 saturated heterocycles. The number of amides is 1. The Morgan fingerprint density at radius 3 is 2.62 bits per heavy atom. The highest BCUT2D eigenvalue weighted by Crippen LogP contribution is 2.22. The van der Waals surface area contributed by atoms with Gasteiger partial charge < -0.3 is 15.5 Å². The van der Waals surface area contributed by atoms with Gasteiger partial charge in [-0.2, -0.15) is 5.26 Å². The number of hydrogen-bond acceptors (Lipinski definition) is 4. The van der Waals surface area contributed by atoms with E-state index in [0.717, 1.165) is 22.2 Å². The number of aromatic nitrogens is 2. The van der Waals surface area contributed by atoms with Gasteiger partial charge in [0.05, 0.1) is 16.6 Å². The second-order valence-corrected chi connectivity index (χ2v) is 6.03. The molecular weight excluding hydrogens is 328 g/mol. The number of nitrogens with one attached hydrogen (secondary N) is 1. The van der Waals surface area contributed by atoms with Gasteiger partial charge in [0.1, 0.15) is 17.6 Å². The fourth-order valence-corrected chi connectivity index (χ4v) is 2.53. The van der Waals surface area contributed by atoms with Gasteiger partial charge in [0.2, 0.25) is 0 Å². The van der Waals surface area contributed by atoms with Crippen LogP contribution in [-0.2, 0) is 4.79 Å². The minimum atomic E-state index is -0.531. The molecule has 6 nitrogen and oxygen atoms in total. The highest BCUT2D eigenvalue weighted by Gasteiger charge is 2.09. The first-order valence-electron chi connectivity index (χ1n) is 8.06. The molecule has 1 aromatic heterocycles. The largest absolute Gasteiger partial charge is 0.484 e. The number of aromatic amines is 1. The number of aryl methyl sites for hydroxylation is 2. The molecule has 0 aliphatic rings. The molecule has 6 heteroatoms. The van der Waals surface area contributed by atoms with E-state index in [2.05, 4.69) is 16.0 Å². The third-order valence-corrected chi connectivity index (χ3v) is 4.05. The molecule has 1 amide bonds. The number of nitriles is 1. The Kier molecular flexibility index (Phi) is 4.72. The van der Waals surface area contributed by atoms with Crippen molar-refractivity contribution in [1.82, 2.24) is 9.97 Å². The monoisotopic (exact) mass is 346 g/mol. The predicted molar refractivity (Wildman–Crippen MR) is 100 cm³/mol. The van der Waals surface area contributed by atoms with Gasteiger partial charge in [-0.05, 0) is 60.9 Å². The first kappa shape index (κ1) is 17.2. The van der Waals surface area contributed by atoms with Crippen molar-refractivity contribution >= 4 is 28.6 Å². The summed E-state index contributed by atoms with van der Waals surface area (Å²) in [5.74, 6) is 0.534. The molecule has 3 N–H and O–H groups in total. The van der Waals surface area contributed by atoms with Crippen molar-refractivity contribution in [2.45, 2.75) is 13.8 Å². The van der Waals surface area contributed by atoms with Gasteiger partial charge in [-0.1, -0.05) is 12.1 Å². The van der Waals surface area contributed by atoms with Crippen LogP contribution in [0.15, 0.2) is 36.4 Å². The van der Waals surface area contributed by atoms with Gasteiger partial charge in [-0.25, -0.2) is 4.98 Å². The summed E-state index contributed by atoms with van der Waals surface area (Å²) in [6.07, 6.45) is 1.75. The summed E-state index contributed by atoms with van der Waals surface area (Å²) < 4.78 is 5.22. The Balaban J connectivity index is 1.88. The minimum Gasteiger partial charge on any atom is -0.484 e. The molecule has 26 heavy (non-hydrogen) atoms. The Bertz CT molecular complexity index is 1000. The number of benzene rings is 2. The zero-order valence-electron chi connectivity index (χ0n) is 14.5. The first-order valence-corrected chi connectivity index (χ1v) is 8.06. The van der Waals surface area contributed by atoms with Crippen LogP contribution in [-0.4, -0.2) is 22.5 Å². The van der Waals surface area contributed by atoms with Gasteiger partial charge in [-0.15, -0.1) is 0 Å². The second kappa shape index (κ2) is 7.11. The lowest BCUT2D eigenvalue weighted by atomic mass is 10.1. The molecule has 0 saturated carbocycles. The standard InChI is InChI=1S/C20H18N4O2/c1-12-7-17-18(8-13(12)2)24-20(23-17)15(10-21)9-14-3-5-16(6-4-14)26-11-19(22)25/h3-9H,11H2,1-2H3,(H2,22,25)(H,23,24)/b15-9-. The molecule has 130 valence electrons. The number of carbonyl (C=O) groups is 1. The number of ether oxygens (including phenoxy) is 1. The Morgan fingerprint density at radius 2 is 1.96 bits per heavy atom. The SMILES string of the molecule is Cc1cc2nc(/C(C#N)=C\c3ccc(OCC(N)=O)cc3)[nH]c2cc1C. The third kappa shape index (κ3) is 3.73. The number of nitrogens with two attached hydrogens (primary N) is 1. The Hall–Kier alpha value is -3.59. The van der Waals surface area contributed by atoms with Crippen LogP contribution >= 0.6 is 0 Å². The van der Waals surface area contributed by atoms with E-state index in [-0.39, 0.29) is 6.61 Å². The Morgan fingerprint density at radius 1 is 1.27 bits per heavy atom. The lowest BCUT2D eigenvalue weighted by Gasteiger charge is -2.03. The number of allylic oxidation sites excluding steroid dienone is 1. The molecule has 1 heterocycles. The van der Waals surface area contributed by atoms with Crippen LogP contribution in [0.4, 0.5) is 0 Å². The van der Waals surface area contributed by atoms with Gasteiger partial charge in [0, 0.05) is 0 Å². The molecule has 0 aliphatic heterocycles. The smallest absolute Gasteiger partial charge is 0.255 e.